The molecule has 0 unspecified atom stereocenters. The molecule has 15 heavy (non-hydrogen) atoms. The summed E-state index contributed by atoms with van der Waals surface area (Å²) in [6.07, 6.45) is 1.89. The molecule has 1 atom stereocenters. The molecule has 0 radical (unpaired) electrons. The second kappa shape index (κ2) is 3.50. The highest BCUT2D eigenvalue weighted by Gasteiger charge is 2.27. The number of nitrogens with zero attached hydrogens (tertiary/aromatic N) is 1. The van der Waals surface area contributed by atoms with Gasteiger partial charge in [0.1, 0.15) is 0 Å². The molecule has 0 fully saturated rings. The third-order valence-corrected chi connectivity index (χ3v) is 3.83. The summed E-state index contributed by atoms with van der Waals surface area (Å²) in [6.45, 7) is 0.469. The first-order valence-corrected chi connectivity index (χ1v) is 6.67. The molecule has 0 aromatic heterocycles. The van der Waals surface area contributed by atoms with E-state index in [9.17, 15) is 8.42 Å². The van der Waals surface area contributed by atoms with E-state index in [1.54, 1.807) is 6.07 Å². The van der Waals surface area contributed by atoms with Gasteiger partial charge in [-0.3, -0.25) is 4.31 Å². The summed E-state index contributed by atoms with van der Waals surface area (Å²) in [5.41, 5.74) is 7.56. The van der Waals surface area contributed by atoms with E-state index in [0.29, 0.717) is 13.0 Å². The number of rotatable bonds is 1. The minimum absolute atomic E-state index is 0.0563. The van der Waals surface area contributed by atoms with Crippen LogP contribution in [0.5, 0.6) is 0 Å². The molecule has 2 rings (SSSR count). The van der Waals surface area contributed by atoms with Gasteiger partial charge in [0.2, 0.25) is 10.0 Å². The number of benzene rings is 1. The van der Waals surface area contributed by atoms with E-state index >= 15 is 0 Å². The normalized spacial score (nSPS) is 21.2. The molecule has 0 saturated heterocycles. The highest BCUT2D eigenvalue weighted by atomic mass is 32.2. The van der Waals surface area contributed by atoms with Gasteiger partial charge in [-0.05, 0) is 18.1 Å². The van der Waals surface area contributed by atoms with Crippen molar-refractivity contribution in [3.05, 3.63) is 29.8 Å². The molecule has 0 aliphatic carbocycles. The van der Waals surface area contributed by atoms with Crippen LogP contribution < -0.4 is 10.0 Å². The summed E-state index contributed by atoms with van der Waals surface area (Å²) in [6, 6.07) is 7.34. The lowest BCUT2D eigenvalue weighted by Gasteiger charge is -2.32. The summed E-state index contributed by atoms with van der Waals surface area (Å²) >= 11 is 0. The Bertz CT molecular complexity index is 470. The van der Waals surface area contributed by atoms with E-state index in [1.165, 1.54) is 10.6 Å². The van der Waals surface area contributed by atoms with Gasteiger partial charge in [-0.2, -0.15) is 0 Å². The number of para-hydroxylation sites is 1. The maximum absolute atomic E-state index is 11.5. The largest absolute Gasteiger partial charge is 0.324 e. The zero-order valence-electron chi connectivity index (χ0n) is 8.55. The van der Waals surface area contributed by atoms with Gasteiger partial charge < -0.3 is 5.73 Å². The van der Waals surface area contributed by atoms with Crippen LogP contribution in [0.1, 0.15) is 18.0 Å². The van der Waals surface area contributed by atoms with Crippen LogP contribution in [-0.4, -0.2) is 21.2 Å². The molecule has 1 aliphatic rings. The van der Waals surface area contributed by atoms with Crippen LogP contribution in [0.3, 0.4) is 0 Å². The van der Waals surface area contributed by atoms with Crippen LogP contribution in [-0.2, 0) is 10.0 Å². The first-order chi connectivity index (χ1) is 7.00. The molecule has 4 nitrogen and oxygen atoms in total. The van der Waals surface area contributed by atoms with Crippen molar-refractivity contribution in [1.29, 1.82) is 0 Å². The Hall–Kier alpha value is -1.07. The Labute approximate surface area is 89.7 Å². The van der Waals surface area contributed by atoms with Crippen molar-refractivity contribution < 1.29 is 8.42 Å². The number of hydrogen-bond acceptors (Lipinski definition) is 3. The van der Waals surface area contributed by atoms with Gasteiger partial charge >= 0.3 is 0 Å². The number of sulfonamides is 1. The van der Waals surface area contributed by atoms with Gasteiger partial charge in [-0.25, -0.2) is 8.42 Å². The number of hydrogen-bond donors (Lipinski definition) is 1. The molecule has 0 bridgehead atoms. The van der Waals surface area contributed by atoms with E-state index < -0.39 is 10.0 Å². The predicted octanol–water partition coefficient (Wildman–Crippen LogP) is 0.856. The van der Waals surface area contributed by atoms with E-state index in [4.69, 9.17) is 5.73 Å². The Balaban J connectivity index is 2.54. The second-order valence-corrected chi connectivity index (χ2v) is 5.70. The second-order valence-electron chi connectivity index (χ2n) is 3.79. The minimum Gasteiger partial charge on any atom is -0.324 e. The lowest BCUT2D eigenvalue weighted by Crippen LogP contribution is -2.37. The lowest BCUT2D eigenvalue weighted by atomic mass is 9.99. The van der Waals surface area contributed by atoms with Gasteiger partial charge in [0.05, 0.1) is 11.9 Å². The van der Waals surface area contributed by atoms with Crippen molar-refractivity contribution >= 4 is 15.7 Å². The molecule has 0 saturated carbocycles. The maximum Gasteiger partial charge on any atom is 0.232 e. The van der Waals surface area contributed by atoms with Crippen molar-refractivity contribution in [2.75, 3.05) is 17.1 Å². The molecule has 82 valence electrons. The number of anilines is 1. The van der Waals surface area contributed by atoms with Crippen molar-refractivity contribution in [2.45, 2.75) is 12.5 Å². The lowest BCUT2D eigenvalue weighted by molar-refractivity contribution is 0.579. The van der Waals surface area contributed by atoms with Crippen LogP contribution in [0, 0.1) is 0 Å². The summed E-state index contributed by atoms with van der Waals surface area (Å²) in [7, 11) is -3.18. The first-order valence-electron chi connectivity index (χ1n) is 4.82. The van der Waals surface area contributed by atoms with E-state index in [0.717, 1.165) is 11.3 Å². The van der Waals surface area contributed by atoms with Crippen molar-refractivity contribution in [3.8, 4) is 0 Å². The van der Waals surface area contributed by atoms with Crippen molar-refractivity contribution in [3.63, 3.8) is 0 Å². The third-order valence-electron chi connectivity index (χ3n) is 2.65. The molecule has 1 aromatic rings. The first kappa shape index (κ1) is 10.4. The molecule has 2 N–H and O–H groups in total. The smallest absolute Gasteiger partial charge is 0.232 e. The SMILES string of the molecule is CS(=O)(=O)N1CC[C@@H](N)c2ccccc21. The monoisotopic (exact) mass is 226 g/mol. The van der Waals surface area contributed by atoms with Crippen LogP contribution in [0.25, 0.3) is 0 Å². The van der Waals surface area contributed by atoms with Gasteiger partial charge in [-0.1, -0.05) is 18.2 Å². The highest BCUT2D eigenvalue weighted by molar-refractivity contribution is 7.92. The summed E-state index contributed by atoms with van der Waals surface area (Å²) in [5, 5.41) is 0. The average molecular weight is 226 g/mol. The number of fused-ring (bicyclic) bond motifs is 1. The van der Waals surface area contributed by atoms with Gasteiger partial charge in [-0.15, -0.1) is 0 Å². The minimum atomic E-state index is -3.18. The third kappa shape index (κ3) is 1.85. The van der Waals surface area contributed by atoms with Crippen LogP contribution in [0.4, 0.5) is 5.69 Å². The van der Waals surface area contributed by atoms with Crippen LogP contribution >= 0.6 is 0 Å². The van der Waals surface area contributed by atoms with E-state index in [2.05, 4.69) is 0 Å². The van der Waals surface area contributed by atoms with Crippen molar-refractivity contribution in [1.82, 2.24) is 0 Å². The fraction of sp³-hybridized carbons (Fsp3) is 0.400. The molecular formula is C10H14N2O2S. The topological polar surface area (TPSA) is 63.4 Å². The van der Waals surface area contributed by atoms with E-state index in [-0.39, 0.29) is 6.04 Å². The summed E-state index contributed by atoms with van der Waals surface area (Å²) in [4.78, 5) is 0. The molecule has 5 heteroatoms. The fourth-order valence-electron chi connectivity index (χ4n) is 1.90. The molecule has 1 heterocycles. The molecule has 0 amide bonds. The van der Waals surface area contributed by atoms with E-state index in [1.807, 2.05) is 18.2 Å². The van der Waals surface area contributed by atoms with Crippen LogP contribution in [0.2, 0.25) is 0 Å². The van der Waals surface area contributed by atoms with Crippen LogP contribution in [0.15, 0.2) is 24.3 Å². The fourth-order valence-corrected chi connectivity index (χ4v) is 2.87. The Morgan fingerprint density at radius 2 is 2.07 bits per heavy atom. The molecule has 1 aromatic carbocycles. The Kier molecular flexibility index (Phi) is 2.44. The van der Waals surface area contributed by atoms with Gasteiger partial charge in [0.25, 0.3) is 0 Å². The molecule has 1 aliphatic heterocycles. The van der Waals surface area contributed by atoms with Crippen molar-refractivity contribution in [2.24, 2.45) is 5.73 Å². The predicted molar refractivity (Wildman–Crippen MR) is 60.2 cm³/mol. The highest BCUT2D eigenvalue weighted by Crippen LogP contribution is 2.33. The standard InChI is InChI=1S/C10H14N2O2S/c1-15(13,14)12-7-6-9(11)8-4-2-3-5-10(8)12/h2-5,9H,6-7,11H2,1H3/t9-/m1/s1. The number of nitrogens with two attached hydrogens (primary N) is 1. The average Bonchev–Trinajstić information content (AvgIpc) is 2.17. The van der Waals surface area contributed by atoms with Gasteiger partial charge in [0, 0.05) is 12.6 Å². The van der Waals surface area contributed by atoms with Gasteiger partial charge in [0.15, 0.2) is 0 Å². The summed E-state index contributed by atoms with van der Waals surface area (Å²) < 4.78 is 24.5. The maximum atomic E-state index is 11.5. The molecular weight excluding hydrogens is 212 g/mol. The quantitative estimate of drug-likeness (QED) is 0.772. The Morgan fingerprint density at radius 3 is 2.73 bits per heavy atom. The molecule has 0 spiro atoms. The Morgan fingerprint density at radius 1 is 1.40 bits per heavy atom. The zero-order valence-corrected chi connectivity index (χ0v) is 9.37. The zero-order chi connectivity index (χ0) is 11.1. The summed E-state index contributed by atoms with van der Waals surface area (Å²) in [5.74, 6) is 0.